The lowest BCUT2D eigenvalue weighted by molar-refractivity contribution is -0.147. The van der Waals surface area contributed by atoms with Crippen LogP contribution in [-0.2, 0) is 25.7 Å². The van der Waals surface area contributed by atoms with Crippen molar-refractivity contribution in [3.8, 4) is 11.1 Å². The van der Waals surface area contributed by atoms with Crippen LogP contribution in [0, 0.1) is 0 Å². The van der Waals surface area contributed by atoms with Crippen molar-refractivity contribution in [3.05, 3.63) is 95.6 Å². The third kappa shape index (κ3) is 6.20. The lowest BCUT2D eigenvalue weighted by atomic mass is 9.98. The molecule has 8 nitrogen and oxygen atoms in total. The first-order chi connectivity index (χ1) is 18.4. The first-order valence-corrected chi connectivity index (χ1v) is 12.7. The van der Waals surface area contributed by atoms with E-state index in [-0.39, 0.29) is 25.7 Å². The van der Waals surface area contributed by atoms with E-state index in [9.17, 15) is 19.5 Å². The van der Waals surface area contributed by atoms with Gasteiger partial charge in [0.15, 0.2) is 0 Å². The Bertz CT molecular complexity index is 1230. The van der Waals surface area contributed by atoms with Crippen LogP contribution in [0.3, 0.4) is 0 Å². The number of carboxylic acid groups (broad SMARTS) is 1. The summed E-state index contributed by atoms with van der Waals surface area (Å²) in [6.07, 6.45) is -1.52. The number of carboxylic acids is 1. The second-order valence-electron chi connectivity index (χ2n) is 9.20. The molecule has 198 valence electrons. The molecule has 2 atom stereocenters. The van der Waals surface area contributed by atoms with Crippen LogP contribution < -0.4 is 5.32 Å². The summed E-state index contributed by atoms with van der Waals surface area (Å²) in [4.78, 5) is 38.8. The molecule has 0 radical (unpaired) electrons. The summed E-state index contributed by atoms with van der Waals surface area (Å²) >= 11 is 0. The molecule has 3 aromatic carbocycles. The second-order valence-corrected chi connectivity index (χ2v) is 9.20. The van der Waals surface area contributed by atoms with Crippen LogP contribution in [0.2, 0.25) is 0 Å². The van der Waals surface area contributed by atoms with Crippen LogP contribution in [0.4, 0.5) is 4.79 Å². The number of rotatable bonds is 11. The molecule has 0 saturated carbocycles. The van der Waals surface area contributed by atoms with Crippen molar-refractivity contribution in [1.29, 1.82) is 0 Å². The van der Waals surface area contributed by atoms with Crippen molar-refractivity contribution < 1.29 is 29.0 Å². The highest BCUT2D eigenvalue weighted by Crippen LogP contribution is 2.44. The standard InChI is InChI=1S/C30H32N2O6/c1-3-32(17-27(33)34)29(35)28(20(2)37-18-21-11-5-4-6-12-21)31-30(36)38-19-26-24-15-9-7-13-22(24)23-14-8-10-16-25(23)26/h4-16,20,26,28H,3,17-19H2,1-2H3,(H,31,36)(H,33,34)/t20-,28+/m0/s1. The Morgan fingerprint density at radius 3 is 2.08 bits per heavy atom. The van der Waals surface area contributed by atoms with Crippen molar-refractivity contribution in [2.24, 2.45) is 0 Å². The number of amides is 2. The first kappa shape index (κ1) is 26.9. The molecule has 4 rings (SSSR count). The Kier molecular flexibility index (Phi) is 8.76. The van der Waals surface area contributed by atoms with Crippen LogP contribution in [-0.4, -0.2) is 59.8 Å². The molecule has 0 heterocycles. The molecule has 0 aromatic heterocycles. The molecular weight excluding hydrogens is 484 g/mol. The van der Waals surface area contributed by atoms with Gasteiger partial charge in [-0.2, -0.15) is 0 Å². The zero-order valence-electron chi connectivity index (χ0n) is 21.5. The molecule has 0 saturated heterocycles. The minimum absolute atomic E-state index is 0.0899. The topological polar surface area (TPSA) is 105 Å². The highest BCUT2D eigenvalue weighted by atomic mass is 16.5. The predicted molar refractivity (Wildman–Crippen MR) is 143 cm³/mol. The van der Waals surface area contributed by atoms with Gasteiger partial charge in [-0.25, -0.2) is 4.79 Å². The van der Waals surface area contributed by atoms with E-state index in [1.807, 2.05) is 66.7 Å². The molecule has 38 heavy (non-hydrogen) atoms. The Morgan fingerprint density at radius 1 is 0.921 bits per heavy atom. The number of carbonyl (C=O) groups is 3. The van der Waals surface area contributed by atoms with E-state index in [0.29, 0.717) is 0 Å². The number of nitrogens with zero attached hydrogens (tertiary/aromatic N) is 1. The number of hydrogen-bond acceptors (Lipinski definition) is 5. The van der Waals surface area contributed by atoms with Gasteiger partial charge in [-0.05, 0) is 41.7 Å². The quantitative estimate of drug-likeness (QED) is 0.391. The third-order valence-electron chi connectivity index (χ3n) is 6.73. The van der Waals surface area contributed by atoms with E-state index in [1.165, 1.54) is 4.90 Å². The molecular formula is C30H32N2O6. The monoisotopic (exact) mass is 516 g/mol. The summed E-state index contributed by atoms with van der Waals surface area (Å²) in [6, 6.07) is 24.3. The maximum absolute atomic E-state index is 13.3. The fraction of sp³-hybridized carbons (Fsp3) is 0.300. The van der Waals surface area contributed by atoms with Crippen LogP contribution in [0.15, 0.2) is 78.9 Å². The smallest absolute Gasteiger partial charge is 0.407 e. The van der Waals surface area contributed by atoms with Gasteiger partial charge in [-0.15, -0.1) is 0 Å². The van der Waals surface area contributed by atoms with Gasteiger partial charge in [-0.3, -0.25) is 9.59 Å². The Balaban J connectivity index is 1.46. The van der Waals surface area contributed by atoms with Crippen molar-refractivity contribution in [2.75, 3.05) is 19.7 Å². The minimum atomic E-state index is -1.14. The minimum Gasteiger partial charge on any atom is -0.480 e. The summed E-state index contributed by atoms with van der Waals surface area (Å²) in [7, 11) is 0. The average Bonchev–Trinajstić information content (AvgIpc) is 3.26. The van der Waals surface area contributed by atoms with Gasteiger partial charge in [0.05, 0.1) is 12.7 Å². The SMILES string of the molecule is CCN(CC(=O)O)C(=O)[C@H](NC(=O)OCC1c2ccccc2-c2ccccc21)[C@H](C)OCc1ccccc1. The zero-order chi connectivity index (χ0) is 27.1. The van der Waals surface area contributed by atoms with Crippen molar-refractivity contribution in [2.45, 2.75) is 38.5 Å². The van der Waals surface area contributed by atoms with E-state index < -0.39 is 36.7 Å². The van der Waals surface area contributed by atoms with Crippen LogP contribution in [0.5, 0.6) is 0 Å². The third-order valence-corrected chi connectivity index (χ3v) is 6.73. The van der Waals surface area contributed by atoms with Gasteiger partial charge in [0.25, 0.3) is 0 Å². The number of aliphatic carboxylic acids is 1. The molecule has 0 bridgehead atoms. The number of alkyl carbamates (subject to hydrolysis) is 1. The van der Waals surface area contributed by atoms with E-state index in [1.54, 1.807) is 13.8 Å². The second kappa shape index (κ2) is 12.4. The van der Waals surface area contributed by atoms with Crippen molar-refractivity contribution in [1.82, 2.24) is 10.2 Å². The normalized spacial score (nSPS) is 13.6. The number of benzene rings is 3. The predicted octanol–water partition coefficient (Wildman–Crippen LogP) is 4.43. The maximum atomic E-state index is 13.3. The molecule has 2 amide bonds. The van der Waals surface area contributed by atoms with E-state index in [0.717, 1.165) is 27.8 Å². The van der Waals surface area contributed by atoms with Crippen LogP contribution in [0.25, 0.3) is 11.1 Å². The average molecular weight is 517 g/mol. The number of nitrogens with one attached hydrogen (secondary N) is 1. The zero-order valence-corrected chi connectivity index (χ0v) is 21.5. The van der Waals surface area contributed by atoms with E-state index in [2.05, 4.69) is 17.4 Å². The summed E-state index contributed by atoms with van der Waals surface area (Å²) in [6.45, 7) is 3.35. The van der Waals surface area contributed by atoms with Gasteiger partial charge in [-0.1, -0.05) is 78.9 Å². The molecule has 1 aliphatic rings. The van der Waals surface area contributed by atoms with Gasteiger partial charge < -0.3 is 24.8 Å². The molecule has 0 aliphatic heterocycles. The van der Waals surface area contributed by atoms with Crippen molar-refractivity contribution >= 4 is 18.0 Å². The molecule has 2 N–H and O–H groups in total. The van der Waals surface area contributed by atoms with Gasteiger partial charge in [0.1, 0.15) is 19.2 Å². The number of hydrogen-bond donors (Lipinski definition) is 2. The Labute approximate surface area is 222 Å². The molecule has 0 fully saturated rings. The molecule has 3 aromatic rings. The fourth-order valence-corrected chi connectivity index (χ4v) is 4.75. The van der Waals surface area contributed by atoms with Crippen LogP contribution >= 0.6 is 0 Å². The molecule has 8 heteroatoms. The lowest BCUT2D eigenvalue weighted by Gasteiger charge is -2.29. The summed E-state index contributed by atoms with van der Waals surface area (Å²) in [5.74, 6) is -1.82. The van der Waals surface area contributed by atoms with Gasteiger partial charge >= 0.3 is 12.1 Å². The van der Waals surface area contributed by atoms with Crippen LogP contribution in [0.1, 0.15) is 36.5 Å². The van der Waals surface area contributed by atoms with E-state index >= 15 is 0 Å². The van der Waals surface area contributed by atoms with Crippen molar-refractivity contribution in [3.63, 3.8) is 0 Å². The summed E-state index contributed by atoms with van der Waals surface area (Å²) < 4.78 is 11.6. The highest BCUT2D eigenvalue weighted by Gasteiger charge is 2.34. The number of ether oxygens (including phenoxy) is 2. The highest BCUT2D eigenvalue weighted by molar-refractivity contribution is 5.88. The number of carbonyl (C=O) groups excluding carboxylic acids is 2. The Morgan fingerprint density at radius 2 is 1.50 bits per heavy atom. The largest absolute Gasteiger partial charge is 0.480 e. The molecule has 1 aliphatic carbocycles. The maximum Gasteiger partial charge on any atom is 0.407 e. The number of fused-ring (bicyclic) bond motifs is 3. The van der Waals surface area contributed by atoms with E-state index in [4.69, 9.17) is 9.47 Å². The fourth-order valence-electron chi connectivity index (χ4n) is 4.75. The van der Waals surface area contributed by atoms with Gasteiger partial charge in [0.2, 0.25) is 5.91 Å². The first-order valence-electron chi connectivity index (χ1n) is 12.7. The Hall–Kier alpha value is -4.17. The summed E-state index contributed by atoms with van der Waals surface area (Å²) in [5.41, 5.74) is 5.28. The lowest BCUT2D eigenvalue weighted by Crippen LogP contribution is -2.55. The van der Waals surface area contributed by atoms with Gasteiger partial charge in [0, 0.05) is 12.5 Å². The summed E-state index contributed by atoms with van der Waals surface area (Å²) in [5, 5.41) is 11.9. The molecule has 0 spiro atoms. The molecule has 0 unspecified atom stereocenters. The number of likely N-dealkylation sites (N-methyl/N-ethyl adjacent to an activating group) is 1.